The molecule has 22 heavy (non-hydrogen) atoms. The third kappa shape index (κ3) is 3.07. The summed E-state index contributed by atoms with van der Waals surface area (Å²) >= 11 is 0. The Morgan fingerprint density at radius 1 is 0.955 bits per heavy atom. The number of aliphatic hydroxyl groups excluding tert-OH is 2. The molecule has 3 heteroatoms. The highest BCUT2D eigenvalue weighted by atomic mass is 16.3. The maximum absolute atomic E-state index is 10.0. The van der Waals surface area contributed by atoms with Crippen molar-refractivity contribution in [1.29, 1.82) is 0 Å². The topological polar surface area (TPSA) is 52.5 Å². The maximum Gasteiger partial charge on any atom is 0.0616 e. The molecule has 1 aliphatic heterocycles. The summed E-state index contributed by atoms with van der Waals surface area (Å²) in [5.74, 6) is 0.123. The minimum atomic E-state index is -0.366. The van der Waals surface area contributed by atoms with Gasteiger partial charge in [0.2, 0.25) is 0 Å². The number of rotatable bonds is 5. The quantitative estimate of drug-likeness (QED) is 0.794. The van der Waals surface area contributed by atoms with E-state index in [1.807, 2.05) is 36.4 Å². The highest BCUT2D eigenvalue weighted by Crippen LogP contribution is 2.39. The molecule has 0 aromatic heterocycles. The van der Waals surface area contributed by atoms with Crippen LogP contribution < -0.4 is 5.32 Å². The van der Waals surface area contributed by atoms with Gasteiger partial charge in [-0.1, -0.05) is 60.7 Å². The molecule has 0 bridgehead atoms. The average molecular weight is 297 g/mol. The molecular formula is C19H23NO2. The predicted octanol–water partition coefficient (Wildman–Crippen LogP) is 2.30. The molecule has 0 saturated carbocycles. The SMILES string of the molecule is OC[C@H]1C[C@](CO)(Cc2ccccc2)N[C@H]1c1ccccc1. The Morgan fingerprint density at radius 2 is 1.59 bits per heavy atom. The summed E-state index contributed by atoms with van der Waals surface area (Å²) in [7, 11) is 0. The fourth-order valence-corrected chi connectivity index (χ4v) is 3.59. The molecule has 1 saturated heterocycles. The molecule has 0 spiro atoms. The lowest BCUT2D eigenvalue weighted by Gasteiger charge is -2.29. The molecule has 3 N–H and O–H groups in total. The van der Waals surface area contributed by atoms with Crippen LogP contribution in [0.25, 0.3) is 0 Å². The van der Waals surface area contributed by atoms with E-state index in [-0.39, 0.29) is 30.7 Å². The predicted molar refractivity (Wildman–Crippen MR) is 87.5 cm³/mol. The lowest BCUT2D eigenvalue weighted by Crippen LogP contribution is -2.46. The van der Waals surface area contributed by atoms with Crippen molar-refractivity contribution >= 4 is 0 Å². The number of aliphatic hydroxyl groups is 2. The number of hydrogen-bond acceptors (Lipinski definition) is 3. The van der Waals surface area contributed by atoms with Crippen LogP contribution in [0, 0.1) is 5.92 Å². The molecule has 3 atom stereocenters. The average Bonchev–Trinajstić information content (AvgIpc) is 2.96. The van der Waals surface area contributed by atoms with Gasteiger partial charge in [0.1, 0.15) is 0 Å². The van der Waals surface area contributed by atoms with Gasteiger partial charge in [0, 0.05) is 24.1 Å². The summed E-state index contributed by atoms with van der Waals surface area (Å²) in [6, 6.07) is 20.5. The van der Waals surface area contributed by atoms with Gasteiger partial charge < -0.3 is 15.5 Å². The van der Waals surface area contributed by atoms with Gasteiger partial charge >= 0.3 is 0 Å². The van der Waals surface area contributed by atoms with Crippen molar-refractivity contribution in [3.05, 3.63) is 71.8 Å². The third-order valence-corrected chi connectivity index (χ3v) is 4.67. The van der Waals surface area contributed by atoms with Gasteiger partial charge in [0.15, 0.2) is 0 Å². The van der Waals surface area contributed by atoms with Gasteiger partial charge in [-0.2, -0.15) is 0 Å². The minimum absolute atomic E-state index is 0.0712. The van der Waals surface area contributed by atoms with E-state index in [1.165, 1.54) is 11.1 Å². The molecule has 116 valence electrons. The van der Waals surface area contributed by atoms with E-state index in [0.717, 1.165) is 12.8 Å². The van der Waals surface area contributed by atoms with Crippen LogP contribution >= 0.6 is 0 Å². The lowest BCUT2D eigenvalue weighted by atomic mass is 9.86. The van der Waals surface area contributed by atoms with Crippen molar-refractivity contribution in [3.8, 4) is 0 Å². The molecular weight excluding hydrogens is 274 g/mol. The summed E-state index contributed by atoms with van der Waals surface area (Å²) in [4.78, 5) is 0. The second-order valence-corrected chi connectivity index (χ2v) is 6.28. The summed E-state index contributed by atoms with van der Waals surface area (Å²) in [5.41, 5.74) is 2.01. The van der Waals surface area contributed by atoms with E-state index < -0.39 is 0 Å². The third-order valence-electron chi connectivity index (χ3n) is 4.67. The van der Waals surface area contributed by atoms with Crippen LogP contribution in [0.1, 0.15) is 23.6 Å². The van der Waals surface area contributed by atoms with Crippen molar-refractivity contribution in [3.63, 3.8) is 0 Å². The fourth-order valence-electron chi connectivity index (χ4n) is 3.59. The van der Waals surface area contributed by atoms with Crippen molar-refractivity contribution in [2.75, 3.05) is 13.2 Å². The second-order valence-electron chi connectivity index (χ2n) is 6.28. The van der Waals surface area contributed by atoms with Crippen LogP contribution in [-0.2, 0) is 6.42 Å². The van der Waals surface area contributed by atoms with Crippen LogP contribution in [0.5, 0.6) is 0 Å². The molecule has 3 nitrogen and oxygen atoms in total. The lowest BCUT2D eigenvalue weighted by molar-refractivity contribution is 0.165. The molecule has 0 unspecified atom stereocenters. The van der Waals surface area contributed by atoms with E-state index >= 15 is 0 Å². The molecule has 1 fully saturated rings. The molecule has 1 heterocycles. The summed E-state index contributed by atoms with van der Waals surface area (Å²) in [6.45, 7) is 0.199. The normalized spacial score (nSPS) is 27.9. The van der Waals surface area contributed by atoms with Gasteiger partial charge in [0.25, 0.3) is 0 Å². The fraction of sp³-hybridized carbons (Fsp3) is 0.368. The van der Waals surface area contributed by atoms with Crippen molar-refractivity contribution in [2.24, 2.45) is 5.92 Å². The number of hydrogen-bond donors (Lipinski definition) is 3. The van der Waals surface area contributed by atoms with Gasteiger partial charge in [0.05, 0.1) is 6.61 Å². The number of benzene rings is 2. The molecule has 0 amide bonds. The van der Waals surface area contributed by atoms with Crippen LogP contribution in [-0.4, -0.2) is 29.0 Å². The van der Waals surface area contributed by atoms with Crippen LogP contribution in [0.2, 0.25) is 0 Å². The highest BCUT2D eigenvalue weighted by molar-refractivity contribution is 5.25. The zero-order chi connectivity index (χ0) is 15.4. The van der Waals surface area contributed by atoms with Crippen LogP contribution in [0.3, 0.4) is 0 Å². The van der Waals surface area contributed by atoms with Gasteiger partial charge in [-0.25, -0.2) is 0 Å². The van der Waals surface area contributed by atoms with Crippen LogP contribution in [0.15, 0.2) is 60.7 Å². The first-order chi connectivity index (χ1) is 10.8. The van der Waals surface area contributed by atoms with Gasteiger partial charge in [-0.3, -0.25) is 0 Å². The molecule has 0 radical (unpaired) electrons. The summed E-state index contributed by atoms with van der Waals surface area (Å²) in [6.07, 6.45) is 1.54. The monoisotopic (exact) mass is 297 g/mol. The largest absolute Gasteiger partial charge is 0.396 e. The highest BCUT2D eigenvalue weighted by Gasteiger charge is 2.44. The summed E-state index contributed by atoms with van der Waals surface area (Å²) in [5, 5.41) is 23.4. The van der Waals surface area contributed by atoms with E-state index in [9.17, 15) is 10.2 Å². The maximum atomic E-state index is 10.0. The van der Waals surface area contributed by atoms with E-state index in [2.05, 4.69) is 29.6 Å². The Hall–Kier alpha value is -1.68. The zero-order valence-corrected chi connectivity index (χ0v) is 12.7. The second kappa shape index (κ2) is 6.61. The smallest absolute Gasteiger partial charge is 0.0616 e. The van der Waals surface area contributed by atoms with Crippen molar-refractivity contribution < 1.29 is 10.2 Å². The first-order valence-corrected chi connectivity index (χ1v) is 7.85. The Labute approximate surface area is 131 Å². The first kappa shape index (κ1) is 15.2. The standard InChI is InChI=1S/C19H23NO2/c21-13-17-12-19(14-22,11-15-7-3-1-4-8-15)20-18(17)16-9-5-2-6-10-16/h1-10,17-18,20-22H,11-14H2/t17-,18+,19+/m1/s1. The molecule has 0 aliphatic carbocycles. The van der Waals surface area contributed by atoms with E-state index in [0.29, 0.717) is 0 Å². The Balaban J connectivity index is 1.84. The van der Waals surface area contributed by atoms with Gasteiger partial charge in [-0.05, 0) is 24.0 Å². The zero-order valence-electron chi connectivity index (χ0n) is 12.7. The number of nitrogens with one attached hydrogen (secondary N) is 1. The molecule has 3 rings (SSSR count). The first-order valence-electron chi connectivity index (χ1n) is 7.85. The molecule has 2 aromatic carbocycles. The Kier molecular flexibility index (Phi) is 4.57. The Bertz CT molecular complexity index is 587. The Morgan fingerprint density at radius 3 is 2.18 bits per heavy atom. The van der Waals surface area contributed by atoms with Crippen molar-refractivity contribution in [2.45, 2.75) is 24.4 Å². The van der Waals surface area contributed by atoms with Crippen LogP contribution in [0.4, 0.5) is 0 Å². The van der Waals surface area contributed by atoms with Gasteiger partial charge in [-0.15, -0.1) is 0 Å². The van der Waals surface area contributed by atoms with E-state index in [1.54, 1.807) is 0 Å². The summed E-state index contributed by atoms with van der Waals surface area (Å²) < 4.78 is 0. The molecule has 1 aliphatic rings. The van der Waals surface area contributed by atoms with E-state index in [4.69, 9.17) is 0 Å². The minimum Gasteiger partial charge on any atom is -0.396 e. The molecule has 2 aromatic rings. The van der Waals surface area contributed by atoms with Crippen molar-refractivity contribution in [1.82, 2.24) is 5.32 Å².